The number of halogens is 3. The average molecular weight is 344 g/mol. The quantitative estimate of drug-likeness (QED) is 0.711. The maximum atomic E-state index is 13.0. The predicted molar refractivity (Wildman–Crippen MR) is 91.2 cm³/mol. The van der Waals surface area contributed by atoms with E-state index in [1.807, 2.05) is 6.07 Å². The molecule has 0 unspecified atom stereocenters. The highest BCUT2D eigenvalue weighted by atomic mass is 19.4. The molecule has 1 fully saturated rings. The number of alkyl halides is 3. The van der Waals surface area contributed by atoms with Crippen molar-refractivity contribution in [2.45, 2.75) is 12.6 Å². The Hall–Kier alpha value is -2.83. The Morgan fingerprint density at radius 3 is 2.48 bits per heavy atom. The van der Waals surface area contributed by atoms with Crippen molar-refractivity contribution in [1.82, 2.24) is 9.97 Å². The number of rotatable bonds is 2. The van der Waals surface area contributed by atoms with Crippen LogP contribution in [0.5, 0.6) is 0 Å². The van der Waals surface area contributed by atoms with Crippen LogP contribution >= 0.6 is 0 Å². The molecule has 2 N–H and O–H groups in total. The van der Waals surface area contributed by atoms with Gasteiger partial charge >= 0.3 is 6.18 Å². The monoisotopic (exact) mass is 344 g/mol. The number of benzene rings is 2. The number of hydrogen-bond acceptors (Lipinski definition) is 4. The second kappa shape index (κ2) is 5.61. The lowest BCUT2D eigenvalue weighted by molar-refractivity contribution is -0.137. The van der Waals surface area contributed by atoms with Gasteiger partial charge in [0.25, 0.3) is 0 Å². The highest BCUT2D eigenvalue weighted by Crippen LogP contribution is 2.34. The van der Waals surface area contributed by atoms with E-state index in [0.717, 1.165) is 42.8 Å². The number of nitrogens with zero attached hydrogens (tertiary/aromatic N) is 3. The Morgan fingerprint density at radius 2 is 1.80 bits per heavy atom. The molecule has 7 heteroatoms. The molecule has 0 saturated carbocycles. The summed E-state index contributed by atoms with van der Waals surface area (Å²) in [6.07, 6.45) is -3.34. The van der Waals surface area contributed by atoms with Crippen molar-refractivity contribution < 1.29 is 13.2 Å². The van der Waals surface area contributed by atoms with Crippen LogP contribution in [-0.4, -0.2) is 23.1 Å². The Balaban J connectivity index is 1.90. The molecule has 1 aliphatic rings. The third kappa shape index (κ3) is 2.86. The Morgan fingerprint density at radius 1 is 1.00 bits per heavy atom. The van der Waals surface area contributed by atoms with E-state index in [1.54, 1.807) is 18.2 Å². The molecule has 0 amide bonds. The van der Waals surface area contributed by atoms with Gasteiger partial charge in [0.2, 0.25) is 0 Å². The molecular formula is C18H15F3N4. The number of fused-ring (bicyclic) bond motifs is 1. The van der Waals surface area contributed by atoms with E-state index >= 15 is 0 Å². The van der Waals surface area contributed by atoms with Gasteiger partial charge in [-0.05, 0) is 36.8 Å². The largest absolute Gasteiger partial charge is 0.416 e. The van der Waals surface area contributed by atoms with Crippen LogP contribution in [0.2, 0.25) is 0 Å². The fourth-order valence-electron chi connectivity index (χ4n) is 2.86. The number of nitrogens with two attached hydrogens (primary N) is 1. The van der Waals surface area contributed by atoms with E-state index in [1.165, 1.54) is 6.07 Å². The average Bonchev–Trinajstić information content (AvgIpc) is 2.52. The van der Waals surface area contributed by atoms with E-state index < -0.39 is 11.7 Å². The summed E-state index contributed by atoms with van der Waals surface area (Å²) < 4.78 is 39.0. The summed E-state index contributed by atoms with van der Waals surface area (Å²) in [7, 11) is 0. The minimum atomic E-state index is -4.41. The maximum absolute atomic E-state index is 13.0. The summed E-state index contributed by atoms with van der Waals surface area (Å²) >= 11 is 0. The molecular weight excluding hydrogens is 329 g/mol. The Kier molecular flexibility index (Phi) is 3.52. The maximum Gasteiger partial charge on any atom is 0.416 e. The fraction of sp³-hybridized carbons (Fsp3) is 0.222. The Labute approximate surface area is 142 Å². The zero-order valence-corrected chi connectivity index (χ0v) is 13.2. The SMILES string of the molecule is Nc1ccc2c(N3CCC3)nc(-c3cccc(C(F)(F)F)c3)nc2c1. The summed E-state index contributed by atoms with van der Waals surface area (Å²) in [6, 6.07) is 10.4. The zero-order valence-electron chi connectivity index (χ0n) is 13.2. The minimum Gasteiger partial charge on any atom is -0.399 e. The molecule has 1 aromatic heterocycles. The van der Waals surface area contributed by atoms with Crippen molar-refractivity contribution in [3.05, 3.63) is 48.0 Å². The number of anilines is 2. The third-order valence-electron chi connectivity index (χ3n) is 4.30. The van der Waals surface area contributed by atoms with Crippen LogP contribution in [0.1, 0.15) is 12.0 Å². The highest BCUT2D eigenvalue weighted by Gasteiger charge is 2.31. The molecule has 25 heavy (non-hydrogen) atoms. The molecule has 4 nitrogen and oxygen atoms in total. The van der Waals surface area contributed by atoms with Crippen molar-refractivity contribution in [3.8, 4) is 11.4 Å². The first-order chi connectivity index (χ1) is 11.9. The summed E-state index contributed by atoms with van der Waals surface area (Å²) in [5.74, 6) is 1.01. The van der Waals surface area contributed by atoms with Crippen molar-refractivity contribution >= 4 is 22.4 Å². The molecule has 0 bridgehead atoms. The van der Waals surface area contributed by atoms with Crippen LogP contribution in [0, 0.1) is 0 Å². The number of nitrogen functional groups attached to an aromatic ring is 1. The molecule has 0 aliphatic carbocycles. The molecule has 0 spiro atoms. The van der Waals surface area contributed by atoms with Gasteiger partial charge in [-0.3, -0.25) is 0 Å². The van der Waals surface area contributed by atoms with E-state index in [4.69, 9.17) is 5.73 Å². The van der Waals surface area contributed by atoms with Gasteiger partial charge in [0, 0.05) is 29.7 Å². The lowest BCUT2D eigenvalue weighted by Crippen LogP contribution is -2.37. The van der Waals surface area contributed by atoms with Crippen LogP contribution in [0.4, 0.5) is 24.7 Å². The van der Waals surface area contributed by atoms with Gasteiger partial charge in [-0.1, -0.05) is 12.1 Å². The molecule has 1 saturated heterocycles. The molecule has 0 radical (unpaired) electrons. The molecule has 4 rings (SSSR count). The van der Waals surface area contributed by atoms with Gasteiger partial charge in [0.05, 0.1) is 11.1 Å². The van der Waals surface area contributed by atoms with E-state index in [0.29, 0.717) is 16.8 Å². The van der Waals surface area contributed by atoms with Gasteiger partial charge in [-0.15, -0.1) is 0 Å². The second-order valence-corrected chi connectivity index (χ2v) is 6.07. The predicted octanol–water partition coefficient (Wildman–Crippen LogP) is 4.11. The third-order valence-corrected chi connectivity index (χ3v) is 4.30. The summed E-state index contributed by atoms with van der Waals surface area (Å²) in [5.41, 5.74) is 6.64. The Bertz CT molecular complexity index is 949. The van der Waals surface area contributed by atoms with Crippen LogP contribution in [0.3, 0.4) is 0 Å². The first-order valence-corrected chi connectivity index (χ1v) is 7.92. The zero-order chi connectivity index (χ0) is 17.6. The molecule has 0 atom stereocenters. The number of hydrogen-bond donors (Lipinski definition) is 1. The van der Waals surface area contributed by atoms with Crippen LogP contribution in [-0.2, 0) is 6.18 Å². The molecule has 2 aromatic carbocycles. The summed E-state index contributed by atoms with van der Waals surface area (Å²) in [6.45, 7) is 1.75. The minimum absolute atomic E-state index is 0.270. The normalized spacial score (nSPS) is 14.6. The smallest absolute Gasteiger partial charge is 0.399 e. The molecule has 1 aliphatic heterocycles. The van der Waals surface area contributed by atoms with Gasteiger partial charge in [-0.25, -0.2) is 9.97 Å². The second-order valence-electron chi connectivity index (χ2n) is 6.07. The molecule has 128 valence electrons. The van der Waals surface area contributed by atoms with Gasteiger partial charge in [0.15, 0.2) is 5.82 Å². The lowest BCUT2D eigenvalue weighted by Gasteiger charge is -2.33. The van der Waals surface area contributed by atoms with Gasteiger partial charge < -0.3 is 10.6 Å². The van der Waals surface area contributed by atoms with Crippen LogP contribution in [0.25, 0.3) is 22.3 Å². The fourth-order valence-corrected chi connectivity index (χ4v) is 2.86. The lowest BCUT2D eigenvalue weighted by atomic mass is 10.1. The highest BCUT2D eigenvalue weighted by molar-refractivity contribution is 5.93. The van der Waals surface area contributed by atoms with E-state index in [2.05, 4.69) is 14.9 Å². The first-order valence-electron chi connectivity index (χ1n) is 7.92. The summed E-state index contributed by atoms with van der Waals surface area (Å²) in [4.78, 5) is 11.1. The van der Waals surface area contributed by atoms with E-state index in [9.17, 15) is 13.2 Å². The van der Waals surface area contributed by atoms with Crippen molar-refractivity contribution in [2.24, 2.45) is 0 Å². The van der Waals surface area contributed by atoms with Crippen LogP contribution in [0.15, 0.2) is 42.5 Å². The van der Waals surface area contributed by atoms with Gasteiger partial charge in [0.1, 0.15) is 5.82 Å². The number of aromatic nitrogens is 2. The van der Waals surface area contributed by atoms with Crippen molar-refractivity contribution in [1.29, 1.82) is 0 Å². The van der Waals surface area contributed by atoms with E-state index in [-0.39, 0.29) is 5.82 Å². The first kappa shape index (κ1) is 15.7. The van der Waals surface area contributed by atoms with Crippen LogP contribution < -0.4 is 10.6 Å². The standard InChI is InChI=1S/C18H15F3N4/c19-18(20,21)12-4-1-3-11(9-12)16-23-15-10-13(22)5-6-14(15)17(24-16)25-7-2-8-25/h1,3-6,9-10H,2,7-8,22H2. The topological polar surface area (TPSA) is 55.0 Å². The summed E-state index contributed by atoms with van der Waals surface area (Å²) in [5, 5.41) is 0.852. The van der Waals surface area contributed by atoms with Gasteiger partial charge in [-0.2, -0.15) is 13.2 Å². The molecule has 2 heterocycles. The van der Waals surface area contributed by atoms with Crippen molar-refractivity contribution in [3.63, 3.8) is 0 Å². The molecule has 3 aromatic rings. The van der Waals surface area contributed by atoms with Crippen molar-refractivity contribution in [2.75, 3.05) is 23.7 Å².